The van der Waals surface area contributed by atoms with Crippen LogP contribution in [0, 0.1) is 5.92 Å². The number of hydrogen-bond donors (Lipinski definition) is 4. The summed E-state index contributed by atoms with van der Waals surface area (Å²) in [6.45, 7) is 4.95. The number of nitrogens with zero attached hydrogens (tertiary/aromatic N) is 1. The van der Waals surface area contributed by atoms with Crippen LogP contribution in [0.15, 0.2) is 24.3 Å². The molecule has 0 radical (unpaired) electrons. The molecule has 4 aliphatic rings. The van der Waals surface area contributed by atoms with Gasteiger partial charge in [-0.1, -0.05) is 59.8 Å². The lowest BCUT2D eigenvalue weighted by molar-refractivity contribution is -0.141. The Balaban J connectivity index is 1.44. The normalized spacial score (nSPS) is 27.5. The van der Waals surface area contributed by atoms with E-state index in [0.29, 0.717) is 25.7 Å². The first-order chi connectivity index (χ1) is 23.4. The minimum absolute atomic E-state index is 0.00483. The number of allylic oxidation sites excluding steroid dienone is 1. The summed E-state index contributed by atoms with van der Waals surface area (Å²) < 4.78 is 33.0. The number of ether oxygens (including phenoxy) is 1. The maximum absolute atomic E-state index is 14.3. The van der Waals surface area contributed by atoms with Crippen molar-refractivity contribution in [1.29, 1.82) is 0 Å². The Morgan fingerprint density at radius 3 is 2.32 bits per heavy atom. The molecule has 0 aromatic heterocycles. The highest BCUT2D eigenvalue weighted by molar-refractivity contribution is 7.91. The van der Waals surface area contributed by atoms with Gasteiger partial charge < -0.3 is 25.6 Å². The van der Waals surface area contributed by atoms with Crippen molar-refractivity contribution in [2.24, 2.45) is 5.92 Å². The summed E-state index contributed by atoms with van der Waals surface area (Å²) in [5.41, 5.74) is -2.43. The van der Waals surface area contributed by atoms with Gasteiger partial charge in [0.15, 0.2) is 0 Å². The van der Waals surface area contributed by atoms with E-state index in [1.165, 1.54) is 17.0 Å². The molecular formula is C33H42Cl3N5O8S. The Morgan fingerprint density at radius 1 is 1.00 bits per heavy atom. The van der Waals surface area contributed by atoms with E-state index >= 15 is 0 Å². The first kappa shape index (κ1) is 38.2. The van der Waals surface area contributed by atoms with Gasteiger partial charge in [-0.25, -0.2) is 13.2 Å². The second-order valence-corrected chi connectivity index (χ2v) is 17.6. The molecule has 5 atom stereocenters. The third kappa shape index (κ3) is 9.04. The van der Waals surface area contributed by atoms with Crippen molar-refractivity contribution in [2.45, 2.75) is 113 Å². The van der Waals surface area contributed by atoms with Crippen LogP contribution in [0.4, 0.5) is 4.79 Å². The van der Waals surface area contributed by atoms with Crippen molar-refractivity contribution in [3.63, 3.8) is 0 Å². The number of rotatable bonds is 6. The van der Waals surface area contributed by atoms with E-state index in [4.69, 9.17) is 39.5 Å². The molecule has 17 heteroatoms. The first-order valence-electron chi connectivity index (χ1n) is 16.7. The van der Waals surface area contributed by atoms with Crippen molar-refractivity contribution >= 4 is 74.5 Å². The quantitative estimate of drug-likeness (QED) is 0.310. The van der Waals surface area contributed by atoms with Crippen LogP contribution in [0.1, 0.15) is 88.9 Å². The maximum Gasteiger partial charge on any atom is 0.408 e. The topological polar surface area (TPSA) is 180 Å². The highest BCUT2D eigenvalue weighted by Crippen LogP contribution is 2.46. The molecule has 274 valence electrons. The molecule has 4 N–H and O–H groups in total. The fourth-order valence-electron chi connectivity index (χ4n) is 6.37. The van der Waals surface area contributed by atoms with Crippen LogP contribution in [0.25, 0.3) is 0 Å². The zero-order valence-electron chi connectivity index (χ0n) is 28.0. The molecule has 0 bridgehead atoms. The SMILES string of the molecule is CC(C)(C)OC(=O)N[C@H]1CCCCCC=C[C@@H]2C[C@@]2(C(=O)NS(=O)(=O)C2CC2)NC(=O)[C@@H]2C[C@@H](NC(=O)c3c(Cl)cc(Cl)cc3Cl)CN2C1=O. The summed E-state index contributed by atoms with van der Waals surface area (Å²) >= 11 is 18.6. The van der Waals surface area contributed by atoms with E-state index in [2.05, 4.69) is 20.7 Å². The van der Waals surface area contributed by atoms with Gasteiger partial charge in [0.25, 0.3) is 11.8 Å². The molecule has 2 aliphatic carbocycles. The fraction of sp³-hybridized carbons (Fsp3) is 0.606. The van der Waals surface area contributed by atoms with E-state index in [9.17, 15) is 32.4 Å². The smallest absolute Gasteiger partial charge is 0.408 e. The van der Waals surface area contributed by atoms with Crippen LogP contribution in [-0.2, 0) is 29.1 Å². The van der Waals surface area contributed by atoms with Gasteiger partial charge >= 0.3 is 6.09 Å². The number of amides is 5. The molecule has 0 unspecified atom stereocenters. The second kappa shape index (κ2) is 14.9. The van der Waals surface area contributed by atoms with E-state index in [0.717, 1.165) is 12.8 Å². The molecule has 50 heavy (non-hydrogen) atoms. The highest BCUT2D eigenvalue weighted by atomic mass is 35.5. The van der Waals surface area contributed by atoms with E-state index in [1.54, 1.807) is 20.8 Å². The van der Waals surface area contributed by atoms with Crippen LogP contribution in [0.3, 0.4) is 0 Å². The van der Waals surface area contributed by atoms with Crippen LogP contribution < -0.4 is 20.7 Å². The summed E-state index contributed by atoms with van der Waals surface area (Å²) in [5, 5.41) is 7.84. The Bertz CT molecular complexity index is 1670. The second-order valence-electron chi connectivity index (χ2n) is 14.4. The summed E-state index contributed by atoms with van der Waals surface area (Å²) in [4.78, 5) is 69.5. The van der Waals surface area contributed by atoms with Crippen molar-refractivity contribution in [3.8, 4) is 0 Å². The van der Waals surface area contributed by atoms with Gasteiger partial charge in [-0.3, -0.25) is 23.9 Å². The van der Waals surface area contributed by atoms with Gasteiger partial charge in [0.2, 0.25) is 21.8 Å². The van der Waals surface area contributed by atoms with E-state index < -0.39 is 80.2 Å². The third-order valence-corrected chi connectivity index (χ3v) is 11.8. The predicted octanol–water partition coefficient (Wildman–Crippen LogP) is 4.24. The molecule has 1 saturated heterocycles. The molecule has 1 aromatic carbocycles. The number of nitrogens with one attached hydrogen (secondary N) is 4. The van der Waals surface area contributed by atoms with Crippen molar-refractivity contribution in [1.82, 2.24) is 25.6 Å². The molecule has 2 heterocycles. The Hall–Kier alpha value is -3.07. The number of alkyl carbamates (subject to hydrolysis) is 1. The number of hydrogen-bond acceptors (Lipinski definition) is 8. The molecule has 3 fully saturated rings. The Kier molecular flexibility index (Phi) is 11.4. The van der Waals surface area contributed by atoms with Crippen LogP contribution in [0.5, 0.6) is 0 Å². The molecular weight excluding hydrogens is 733 g/mol. The molecule has 13 nitrogen and oxygen atoms in total. The van der Waals surface area contributed by atoms with Crippen molar-refractivity contribution in [3.05, 3.63) is 44.9 Å². The Labute approximate surface area is 306 Å². The third-order valence-electron chi connectivity index (χ3n) is 9.14. The van der Waals surface area contributed by atoms with Gasteiger partial charge in [0, 0.05) is 23.5 Å². The van der Waals surface area contributed by atoms with Crippen molar-refractivity contribution in [2.75, 3.05) is 6.54 Å². The molecule has 0 spiro atoms. The summed E-state index contributed by atoms with van der Waals surface area (Å²) in [7, 11) is -3.92. The zero-order valence-corrected chi connectivity index (χ0v) is 31.1. The number of carbonyl (C=O) groups is 5. The highest BCUT2D eigenvalue weighted by Gasteiger charge is 2.62. The monoisotopic (exact) mass is 773 g/mol. The predicted molar refractivity (Wildman–Crippen MR) is 187 cm³/mol. The Morgan fingerprint density at radius 2 is 1.68 bits per heavy atom. The first-order valence-corrected chi connectivity index (χ1v) is 19.4. The maximum atomic E-state index is 14.3. The van der Waals surface area contributed by atoms with Gasteiger partial charge in [-0.2, -0.15) is 0 Å². The lowest BCUT2D eigenvalue weighted by atomic mass is 10.0. The molecule has 1 aromatic rings. The van der Waals surface area contributed by atoms with Gasteiger partial charge in [-0.15, -0.1) is 0 Å². The van der Waals surface area contributed by atoms with Gasteiger partial charge in [0.1, 0.15) is 23.2 Å². The van der Waals surface area contributed by atoms with Crippen molar-refractivity contribution < 1.29 is 37.1 Å². The molecule has 2 aliphatic heterocycles. The summed E-state index contributed by atoms with van der Waals surface area (Å²) in [5.74, 6) is -3.25. The minimum atomic E-state index is -3.92. The minimum Gasteiger partial charge on any atom is -0.444 e. The van der Waals surface area contributed by atoms with E-state index in [1.807, 2.05) is 12.2 Å². The summed E-state index contributed by atoms with van der Waals surface area (Å²) in [6.07, 6.45) is 6.89. The number of halogens is 3. The van der Waals surface area contributed by atoms with Crippen LogP contribution in [-0.4, -0.2) is 84.1 Å². The number of benzene rings is 1. The molecule has 2 saturated carbocycles. The average Bonchev–Trinajstić information content (AvgIpc) is 3.91. The lowest BCUT2D eigenvalue weighted by Gasteiger charge is -2.30. The van der Waals surface area contributed by atoms with Gasteiger partial charge in [-0.05, 0) is 77.8 Å². The summed E-state index contributed by atoms with van der Waals surface area (Å²) in [6, 6.07) is -0.320. The van der Waals surface area contributed by atoms with Gasteiger partial charge in [0.05, 0.1) is 20.9 Å². The lowest BCUT2D eigenvalue weighted by Crippen LogP contribution is -2.58. The number of carbonyl (C=O) groups excluding carboxylic acids is 5. The largest absolute Gasteiger partial charge is 0.444 e. The van der Waals surface area contributed by atoms with E-state index in [-0.39, 0.29) is 46.4 Å². The van der Waals surface area contributed by atoms with Crippen LogP contribution >= 0.6 is 34.8 Å². The fourth-order valence-corrected chi connectivity index (χ4v) is 8.72. The standard InChI is InChI=1S/C33H42Cl3N5O8S/c1-32(2,3)49-31(46)38-24-10-8-6-4-5-7-9-18-16-33(18,30(45)40-50(47,48)21-11-12-21)39-27(42)25-15-20(17-41(25)29(24)44)37-28(43)26-22(35)13-19(34)14-23(26)36/h7,9,13-14,18,20-21,24-25H,4-6,8,10-12,15-17H2,1-3H3,(H,37,43)(H,38,46)(H,39,42)(H,40,45)/t18-,20-,24+,25+,33-/m1/s1. The molecule has 5 rings (SSSR count). The molecule has 5 amide bonds. The average molecular weight is 775 g/mol. The van der Waals surface area contributed by atoms with Crippen LogP contribution in [0.2, 0.25) is 15.1 Å². The zero-order chi connectivity index (χ0) is 36.6. The number of fused-ring (bicyclic) bond motifs is 2. The number of sulfonamides is 1.